The molecule has 0 bridgehead atoms. The smallest absolute Gasteiger partial charge is 0.308 e. The zero-order valence-electron chi connectivity index (χ0n) is 11.0. The van der Waals surface area contributed by atoms with Crippen molar-refractivity contribution in [3.63, 3.8) is 0 Å². The molecule has 1 saturated carbocycles. The van der Waals surface area contributed by atoms with Gasteiger partial charge in [-0.25, -0.2) is 0 Å². The summed E-state index contributed by atoms with van der Waals surface area (Å²) in [5.41, 5.74) is 1.14. The lowest BCUT2D eigenvalue weighted by Gasteiger charge is -2.35. The first-order valence-electron chi connectivity index (χ1n) is 6.43. The Morgan fingerprint density at radius 1 is 1.39 bits per heavy atom. The maximum Gasteiger partial charge on any atom is 0.308 e. The summed E-state index contributed by atoms with van der Waals surface area (Å²) in [6.07, 6.45) is 7.57. The molecule has 0 saturated heterocycles. The summed E-state index contributed by atoms with van der Waals surface area (Å²) in [7, 11) is 3.57. The lowest BCUT2D eigenvalue weighted by atomic mass is 9.85. The molecule has 2 rings (SSSR count). The predicted molar refractivity (Wildman–Crippen MR) is 70.4 cm³/mol. The average molecular weight is 248 g/mol. The van der Waals surface area contributed by atoms with E-state index in [2.05, 4.69) is 23.0 Å². The molecule has 4 heteroatoms. The number of carbonyl (C=O) groups excluding carboxylic acids is 1. The monoisotopic (exact) mass is 248 g/mol. The highest BCUT2D eigenvalue weighted by Gasteiger charge is 2.28. The molecule has 18 heavy (non-hydrogen) atoms. The topological polar surface area (TPSA) is 42.4 Å². The van der Waals surface area contributed by atoms with Crippen LogP contribution in [0.3, 0.4) is 0 Å². The largest absolute Gasteiger partial charge is 0.469 e. The van der Waals surface area contributed by atoms with E-state index in [0.717, 1.165) is 31.4 Å². The highest BCUT2D eigenvalue weighted by molar-refractivity contribution is 5.72. The van der Waals surface area contributed by atoms with E-state index >= 15 is 0 Å². The van der Waals surface area contributed by atoms with E-state index in [-0.39, 0.29) is 11.9 Å². The Balaban J connectivity index is 1.92. The fourth-order valence-electron chi connectivity index (χ4n) is 2.64. The molecule has 0 spiro atoms. The minimum Gasteiger partial charge on any atom is -0.469 e. The van der Waals surface area contributed by atoms with Gasteiger partial charge in [0, 0.05) is 19.3 Å². The van der Waals surface area contributed by atoms with Gasteiger partial charge < -0.3 is 9.64 Å². The van der Waals surface area contributed by atoms with Crippen molar-refractivity contribution in [3.05, 3.63) is 24.5 Å². The number of hydrogen-bond acceptors (Lipinski definition) is 4. The lowest BCUT2D eigenvalue weighted by molar-refractivity contribution is -0.146. The van der Waals surface area contributed by atoms with Crippen molar-refractivity contribution in [2.75, 3.05) is 19.1 Å². The van der Waals surface area contributed by atoms with Gasteiger partial charge in [-0.05, 0) is 37.8 Å². The van der Waals surface area contributed by atoms with E-state index in [1.165, 1.54) is 7.11 Å². The van der Waals surface area contributed by atoms with Crippen molar-refractivity contribution in [1.29, 1.82) is 0 Å². The van der Waals surface area contributed by atoms with Gasteiger partial charge in [-0.3, -0.25) is 9.78 Å². The van der Waals surface area contributed by atoms with Crippen LogP contribution < -0.4 is 4.90 Å². The number of carbonyl (C=O) groups is 1. The van der Waals surface area contributed by atoms with Gasteiger partial charge in [0.2, 0.25) is 0 Å². The first kappa shape index (κ1) is 12.9. The molecule has 1 aliphatic carbocycles. The highest BCUT2D eigenvalue weighted by Crippen LogP contribution is 2.29. The molecule has 0 unspecified atom stereocenters. The molecule has 0 N–H and O–H groups in total. The molecule has 0 radical (unpaired) electrons. The molecule has 1 aliphatic rings. The van der Waals surface area contributed by atoms with Crippen LogP contribution in [0.15, 0.2) is 24.5 Å². The van der Waals surface area contributed by atoms with Gasteiger partial charge in [-0.2, -0.15) is 0 Å². The van der Waals surface area contributed by atoms with Gasteiger partial charge in [-0.15, -0.1) is 0 Å². The molecule has 1 aromatic heterocycles. The summed E-state index contributed by atoms with van der Waals surface area (Å²) < 4.78 is 4.81. The lowest BCUT2D eigenvalue weighted by Crippen LogP contribution is -2.36. The number of aromatic nitrogens is 1. The van der Waals surface area contributed by atoms with E-state index in [4.69, 9.17) is 4.74 Å². The van der Waals surface area contributed by atoms with Crippen LogP contribution >= 0.6 is 0 Å². The van der Waals surface area contributed by atoms with E-state index in [0.29, 0.717) is 6.04 Å². The molecule has 0 aromatic carbocycles. The van der Waals surface area contributed by atoms with E-state index in [9.17, 15) is 4.79 Å². The molecule has 4 nitrogen and oxygen atoms in total. The van der Waals surface area contributed by atoms with Gasteiger partial charge in [0.25, 0.3) is 0 Å². The summed E-state index contributed by atoms with van der Waals surface area (Å²) in [5.74, 6) is 0.0334. The molecular formula is C14H20N2O2. The minimum atomic E-state index is -0.0579. The third-order valence-corrected chi connectivity index (χ3v) is 3.83. The maximum absolute atomic E-state index is 11.5. The number of nitrogens with zero attached hydrogens (tertiary/aromatic N) is 2. The molecule has 98 valence electrons. The summed E-state index contributed by atoms with van der Waals surface area (Å²) >= 11 is 0. The predicted octanol–water partition coefficient (Wildman–Crippen LogP) is 2.25. The van der Waals surface area contributed by atoms with Gasteiger partial charge in [-0.1, -0.05) is 0 Å². The first-order valence-corrected chi connectivity index (χ1v) is 6.43. The standard InChI is InChI=1S/C14H20N2O2/c1-16(13-4-3-9-15-10-13)12-7-5-11(6-8-12)14(17)18-2/h3-4,9-12H,5-8H2,1-2H3. The molecule has 1 heterocycles. The Kier molecular flexibility index (Phi) is 4.18. The number of rotatable bonds is 3. The van der Waals surface area contributed by atoms with E-state index in [1.54, 1.807) is 6.20 Å². The minimum absolute atomic E-state index is 0.0579. The van der Waals surface area contributed by atoms with Crippen molar-refractivity contribution in [3.8, 4) is 0 Å². The van der Waals surface area contributed by atoms with Crippen LogP contribution in [0.1, 0.15) is 25.7 Å². The Bertz CT molecular complexity index is 386. The molecule has 1 fully saturated rings. The number of ether oxygens (including phenoxy) is 1. The van der Waals surface area contributed by atoms with Crippen molar-refractivity contribution in [2.24, 2.45) is 5.92 Å². The second kappa shape index (κ2) is 5.85. The second-order valence-electron chi connectivity index (χ2n) is 4.85. The van der Waals surface area contributed by atoms with Crippen LogP contribution in [0.25, 0.3) is 0 Å². The van der Waals surface area contributed by atoms with Crippen LogP contribution in [-0.2, 0) is 9.53 Å². The van der Waals surface area contributed by atoms with Gasteiger partial charge in [0.15, 0.2) is 0 Å². The number of hydrogen-bond donors (Lipinski definition) is 0. The van der Waals surface area contributed by atoms with Crippen LogP contribution in [0.4, 0.5) is 5.69 Å². The van der Waals surface area contributed by atoms with Crippen LogP contribution in [0.5, 0.6) is 0 Å². The molecule has 0 aliphatic heterocycles. The van der Waals surface area contributed by atoms with Crippen LogP contribution in [0.2, 0.25) is 0 Å². The van der Waals surface area contributed by atoms with Crippen molar-refractivity contribution >= 4 is 11.7 Å². The van der Waals surface area contributed by atoms with Crippen molar-refractivity contribution in [2.45, 2.75) is 31.7 Å². The summed E-state index contributed by atoms with van der Waals surface area (Å²) in [6, 6.07) is 4.51. The zero-order valence-corrected chi connectivity index (χ0v) is 11.0. The fourth-order valence-corrected chi connectivity index (χ4v) is 2.64. The van der Waals surface area contributed by atoms with E-state index < -0.39 is 0 Å². The quantitative estimate of drug-likeness (QED) is 0.769. The maximum atomic E-state index is 11.5. The Morgan fingerprint density at radius 3 is 2.67 bits per heavy atom. The fraction of sp³-hybridized carbons (Fsp3) is 0.571. The van der Waals surface area contributed by atoms with Gasteiger partial charge in [0.1, 0.15) is 0 Å². The Morgan fingerprint density at radius 2 is 2.11 bits per heavy atom. The Labute approximate surface area is 108 Å². The van der Waals surface area contributed by atoms with Gasteiger partial charge >= 0.3 is 5.97 Å². The molecule has 1 aromatic rings. The third kappa shape index (κ3) is 2.81. The van der Waals surface area contributed by atoms with E-state index in [1.807, 2.05) is 12.3 Å². The first-order chi connectivity index (χ1) is 8.72. The second-order valence-corrected chi connectivity index (χ2v) is 4.85. The SMILES string of the molecule is COC(=O)C1CCC(N(C)c2cccnc2)CC1. The van der Waals surface area contributed by atoms with Crippen LogP contribution in [0, 0.1) is 5.92 Å². The molecular weight excluding hydrogens is 228 g/mol. The third-order valence-electron chi connectivity index (χ3n) is 3.83. The van der Waals surface area contributed by atoms with Crippen LogP contribution in [-0.4, -0.2) is 31.2 Å². The number of methoxy groups -OCH3 is 1. The van der Waals surface area contributed by atoms with Crippen molar-refractivity contribution in [1.82, 2.24) is 4.98 Å². The number of pyridine rings is 1. The normalized spacial score (nSPS) is 23.4. The Hall–Kier alpha value is -1.58. The summed E-state index contributed by atoms with van der Waals surface area (Å²) in [5, 5.41) is 0. The van der Waals surface area contributed by atoms with Gasteiger partial charge in [0.05, 0.1) is 24.9 Å². The zero-order chi connectivity index (χ0) is 13.0. The molecule has 0 atom stereocenters. The average Bonchev–Trinajstić information content (AvgIpc) is 2.47. The van der Waals surface area contributed by atoms with Crippen molar-refractivity contribution < 1.29 is 9.53 Å². The molecule has 0 amide bonds. The number of esters is 1. The highest BCUT2D eigenvalue weighted by atomic mass is 16.5. The summed E-state index contributed by atoms with van der Waals surface area (Å²) in [6.45, 7) is 0. The number of anilines is 1. The summed E-state index contributed by atoms with van der Waals surface area (Å²) in [4.78, 5) is 17.9.